The number of rotatable bonds is 13. The van der Waals surface area contributed by atoms with Gasteiger partial charge in [0, 0.05) is 29.8 Å². The van der Waals surface area contributed by atoms with Gasteiger partial charge < -0.3 is 21.1 Å². The number of hydrogen-bond acceptors (Lipinski definition) is 5. The lowest BCUT2D eigenvalue weighted by atomic mass is 10.1. The molecule has 2 amide bonds. The molecule has 0 spiro atoms. The highest BCUT2D eigenvalue weighted by Crippen LogP contribution is 2.07. The molecular formula is C25H32N4O4. The topological polar surface area (TPSA) is 134 Å². The fraction of sp³-hybridized carbons (Fsp3) is 0.360. The maximum atomic E-state index is 12.2. The fourth-order valence-corrected chi connectivity index (χ4v) is 3.16. The summed E-state index contributed by atoms with van der Waals surface area (Å²) in [5.74, 6) is -0.717. The van der Waals surface area contributed by atoms with Crippen LogP contribution < -0.4 is 16.4 Å². The summed E-state index contributed by atoms with van der Waals surface area (Å²) in [7, 11) is 0. The number of nitrogen functional groups attached to an aromatic ring is 1. The number of benzene rings is 2. The van der Waals surface area contributed by atoms with Gasteiger partial charge in [-0.05, 0) is 56.2 Å². The molecule has 0 atom stereocenters. The van der Waals surface area contributed by atoms with Gasteiger partial charge in [-0.1, -0.05) is 31.4 Å². The summed E-state index contributed by atoms with van der Waals surface area (Å²) in [5, 5.41) is 13.1. The Morgan fingerprint density at radius 2 is 1.12 bits per heavy atom. The molecule has 8 heteroatoms. The Hall–Kier alpha value is -3.68. The molecular weight excluding hydrogens is 420 g/mol. The zero-order valence-electron chi connectivity index (χ0n) is 19.0. The van der Waals surface area contributed by atoms with Gasteiger partial charge in [-0.3, -0.25) is 15.0 Å². The molecule has 0 aliphatic rings. The van der Waals surface area contributed by atoms with E-state index in [2.05, 4.69) is 10.6 Å². The maximum Gasteiger partial charge on any atom is 0.338 e. The Labute approximate surface area is 194 Å². The molecule has 0 aromatic heterocycles. The van der Waals surface area contributed by atoms with Gasteiger partial charge in [-0.15, -0.1) is 0 Å². The van der Waals surface area contributed by atoms with Crippen LogP contribution in [-0.2, 0) is 4.74 Å². The van der Waals surface area contributed by atoms with Crippen molar-refractivity contribution in [1.29, 1.82) is 5.41 Å². The highest BCUT2D eigenvalue weighted by molar-refractivity contribution is 5.98. The molecule has 0 fully saturated rings. The zero-order chi connectivity index (χ0) is 24.1. The molecule has 0 bridgehead atoms. The van der Waals surface area contributed by atoms with Crippen LogP contribution in [0.2, 0.25) is 0 Å². The lowest BCUT2D eigenvalue weighted by Crippen LogP contribution is -2.25. The molecule has 2 aromatic rings. The molecule has 33 heavy (non-hydrogen) atoms. The Bertz CT molecular complexity index is 940. The Morgan fingerprint density at radius 1 is 0.727 bits per heavy atom. The van der Waals surface area contributed by atoms with E-state index in [-0.39, 0.29) is 17.6 Å². The predicted molar refractivity (Wildman–Crippen MR) is 128 cm³/mol. The smallest absolute Gasteiger partial charge is 0.338 e. The summed E-state index contributed by atoms with van der Waals surface area (Å²) in [6.07, 6.45) is 4.76. The second-order valence-corrected chi connectivity index (χ2v) is 7.57. The third-order valence-electron chi connectivity index (χ3n) is 5.04. The summed E-state index contributed by atoms with van der Waals surface area (Å²) < 4.78 is 4.93. The van der Waals surface area contributed by atoms with Crippen LogP contribution in [-0.4, -0.2) is 43.3 Å². The maximum absolute atomic E-state index is 12.2. The molecule has 0 unspecified atom stereocenters. The van der Waals surface area contributed by atoms with E-state index in [0.717, 1.165) is 32.1 Å². The summed E-state index contributed by atoms with van der Waals surface area (Å²) >= 11 is 0. The van der Waals surface area contributed by atoms with Crippen LogP contribution in [0.25, 0.3) is 0 Å². The van der Waals surface area contributed by atoms with E-state index in [1.807, 2.05) is 0 Å². The number of carbonyl (C=O) groups is 3. The van der Waals surface area contributed by atoms with Crippen molar-refractivity contribution in [2.75, 3.05) is 19.7 Å². The minimum absolute atomic E-state index is 0.0220. The van der Waals surface area contributed by atoms with Gasteiger partial charge in [-0.25, -0.2) is 4.79 Å². The Morgan fingerprint density at radius 3 is 1.55 bits per heavy atom. The Balaban J connectivity index is 1.53. The molecule has 0 heterocycles. The number of amidine groups is 1. The van der Waals surface area contributed by atoms with Crippen LogP contribution in [0.4, 0.5) is 0 Å². The van der Waals surface area contributed by atoms with Crippen molar-refractivity contribution in [3.8, 4) is 0 Å². The lowest BCUT2D eigenvalue weighted by molar-refractivity contribution is 0.0526. The molecule has 176 valence electrons. The average molecular weight is 453 g/mol. The third kappa shape index (κ3) is 8.76. The van der Waals surface area contributed by atoms with Gasteiger partial charge >= 0.3 is 5.97 Å². The molecule has 0 saturated heterocycles. The first kappa shape index (κ1) is 25.6. The largest absolute Gasteiger partial charge is 0.462 e. The van der Waals surface area contributed by atoms with E-state index < -0.39 is 5.97 Å². The van der Waals surface area contributed by atoms with E-state index in [1.54, 1.807) is 55.5 Å². The van der Waals surface area contributed by atoms with Crippen molar-refractivity contribution in [3.05, 3.63) is 70.8 Å². The van der Waals surface area contributed by atoms with Gasteiger partial charge in [0.25, 0.3) is 11.8 Å². The van der Waals surface area contributed by atoms with Crippen LogP contribution in [0, 0.1) is 5.41 Å². The fourth-order valence-electron chi connectivity index (χ4n) is 3.16. The SMILES string of the molecule is CCOC(=O)c1ccc(C(=O)NCCCCCCCNC(=O)c2ccc(C(=N)N)cc2)cc1. The van der Waals surface area contributed by atoms with Gasteiger partial charge in [0.2, 0.25) is 0 Å². The number of hydrogen-bond donors (Lipinski definition) is 4. The van der Waals surface area contributed by atoms with Crippen LogP contribution in [0.1, 0.15) is 75.7 Å². The molecule has 2 rings (SSSR count). The third-order valence-corrected chi connectivity index (χ3v) is 5.04. The average Bonchev–Trinajstić information content (AvgIpc) is 2.83. The normalized spacial score (nSPS) is 10.3. The van der Waals surface area contributed by atoms with E-state index in [1.165, 1.54) is 0 Å². The van der Waals surface area contributed by atoms with Crippen molar-refractivity contribution >= 4 is 23.6 Å². The van der Waals surface area contributed by atoms with Crippen LogP contribution in [0.3, 0.4) is 0 Å². The number of unbranched alkanes of at least 4 members (excludes halogenated alkanes) is 4. The summed E-state index contributed by atoms with van der Waals surface area (Å²) in [6.45, 7) is 3.25. The van der Waals surface area contributed by atoms with Gasteiger partial charge in [-0.2, -0.15) is 0 Å². The number of carbonyl (C=O) groups excluding carboxylic acids is 3. The van der Waals surface area contributed by atoms with Crippen LogP contribution >= 0.6 is 0 Å². The highest BCUT2D eigenvalue weighted by Gasteiger charge is 2.09. The number of nitrogens with one attached hydrogen (secondary N) is 3. The first-order valence-corrected chi connectivity index (χ1v) is 11.2. The first-order chi connectivity index (χ1) is 15.9. The number of amides is 2. The van der Waals surface area contributed by atoms with Crippen molar-refractivity contribution in [2.45, 2.75) is 39.0 Å². The van der Waals surface area contributed by atoms with Crippen LogP contribution in [0.5, 0.6) is 0 Å². The summed E-state index contributed by atoms with van der Waals surface area (Å²) in [4.78, 5) is 35.9. The van der Waals surface area contributed by atoms with Gasteiger partial charge in [0.1, 0.15) is 5.84 Å². The van der Waals surface area contributed by atoms with E-state index in [9.17, 15) is 14.4 Å². The zero-order valence-corrected chi connectivity index (χ0v) is 19.0. The quantitative estimate of drug-likeness (QED) is 0.160. The first-order valence-electron chi connectivity index (χ1n) is 11.2. The van der Waals surface area contributed by atoms with Crippen molar-refractivity contribution in [2.24, 2.45) is 5.73 Å². The van der Waals surface area contributed by atoms with Crippen LogP contribution in [0.15, 0.2) is 48.5 Å². The molecule has 5 N–H and O–H groups in total. The summed E-state index contributed by atoms with van der Waals surface area (Å²) in [5.41, 5.74) is 7.48. The predicted octanol–water partition coefficient (Wildman–Crippen LogP) is 3.26. The molecule has 0 aliphatic heterocycles. The molecule has 0 radical (unpaired) electrons. The summed E-state index contributed by atoms with van der Waals surface area (Å²) in [6, 6.07) is 13.1. The second-order valence-electron chi connectivity index (χ2n) is 7.57. The second kappa shape index (κ2) is 13.7. The molecule has 0 aliphatic carbocycles. The van der Waals surface area contributed by atoms with E-state index in [4.69, 9.17) is 15.9 Å². The Kier molecular flexibility index (Phi) is 10.6. The number of nitrogens with two attached hydrogens (primary N) is 1. The minimum Gasteiger partial charge on any atom is -0.462 e. The minimum atomic E-state index is -0.396. The van der Waals surface area contributed by atoms with Crippen molar-refractivity contribution in [3.63, 3.8) is 0 Å². The van der Waals surface area contributed by atoms with E-state index in [0.29, 0.717) is 42.0 Å². The van der Waals surface area contributed by atoms with Crippen molar-refractivity contribution < 1.29 is 19.1 Å². The van der Waals surface area contributed by atoms with E-state index >= 15 is 0 Å². The number of ether oxygens (including phenoxy) is 1. The van der Waals surface area contributed by atoms with Crippen molar-refractivity contribution in [1.82, 2.24) is 10.6 Å². The number of esters is 1. The standard InChI is InChI=1S/C25H32N4O4/c1-2-33-25(32)21-14-12-20(13-15-21)24(31)29-17-7-5-3-4-6-16-28-23(30)19-10-8-18(9-11-19)22(26)27/h8-15H,2-7,16-17H2,1H3,(H3,26,27)(H,28,30)(H,29,31). The monoisotopic (exact) mass is 452 g/mol. The molecule has 0 saturated carbocycles. The lowest BCUT2D eigenvalue weighted by Gasteiger charge is -2.07. The highest BCUT2D eigenvalue weighted by atomic mass is 16.5. The molecule has 2 aromatic carbocycles. The molecule has 8 nitrogen and oxygen atoms in total. The van der Waals surface area contributed by atoms with Gasteiger partial charge in [0.05, 0.1) is 12.2 Å². The van der Waals surface area contributed by atoms with Gasteiger partial charge in [0.15, 0.2) is 0 Å².